The highest BCUT2D eigenvalue weighted by Crippen LogP contribution is 2.35. The van der Waals surface area contributed by atoms with Crippen LogP contribution >= 0.6 is 0 Å². The van der Waals surface area contributed by atoms with Gasteiger partial charge in [-0.3, -0.25) is 0 Å². The Morgan fingerprint density at radius 1 is 1.06 bits per heavy atom. The van der Waals surface area contributed by atoms with Gasteiger partial charge in [0.15, 0.2) is 0 Å². The summed E-state index contributed by atoms with van der Waals surface area (Å²) in [6, 6.07) is 0. The first-order valence-corrected chi connectivity index (χ1v) is 5.02. The SMILES string of the molecule is CC(C)[C@H]1C[C@H](O[N+](=O)[O-])[C@H](O[N+](=O)[O-])C1. The minimum absolute atomic E-state index is 0.148. The molecule has 0 aromatic carbocycles. The molecule has 0 bridgehead atoms. The smallest absolute Gasteiger partial charge is 0.294 e. The molecule has 1 aliphatic carbocycles. The van der Waals surface area contributed by atoms with Crippen LogP contribution < -0.4 is 0 Å². The summed E-state index contributed by atoms with van der Waals surface area (Å²) in [4.78, 5) is 29.2. The van der Waals surface area contributed by atoms with Gasteiger partial charge in [-0.1, -0.05) is 13.8 Å². The van der Waals surface area contributed by atoms with E-state index >= 15 is 0 Å². The van der Waals surface area contributed by atoms with Crippen LogP contribution in [0.3, 0.4) is 0 Å². The number of rotatable bonds is 5. The van der Waals surface area contributed by atoms with E-state index in [-0.39, 0.29) is 5.92 Å². The molecule has 0 unspecified atom stereocenters. The first kappa shape index (κ1) is 12.5. The van der Waals surface area contributed by atoms with Crippen LogP contribution in [-0.2, 0) is 9.68 Å². The highest BCUT2D eigenvalue weighted by Gasteiger charge is 2.40. The van der Waals surface area contributed by atoms with E-state index in [0.717, 1.165) is 0 Å². The maximum atomic E-state index is 10.2. The van der Waals surface area contributed by atoms with Gasteiger partial charge < -0.3 is 9.68 Å². The van der Waals surface area contributed by atoms with E-state index in [1.165, 1.54) is 0 Å². The summed E-state index contributed by atoms with van der Waals surface area (Å²) in [5.74, 6) is 0.438. The molecule has 8 nitrogen and oxygen atoms in total. The van der Waals surface area contributed by atoms with Crippen molar-refractivity contribution in [3.63, 3.8) is 0 Å². The summed E-state index contributed by atoms with van der Waals surface area (Å²) < 4.78 is 0. The molecule has 0 saturated heterocycles. The van der Waals surface area contributed by atoms with Gasteiger partial charge in [0.25, 0.3) is 10.2 Å². The van der Waals surface area contributed by atoms with Crippen molar-refractivity contribution in [2.75, 3.05) is 0 Å². The fourth-order valence-corrected chi connectivity index (χ4v) is 1.98. The summed E-state index contributed by atoms with van der Waals surface area (Å²) in [5.41, 5.74) is 0. The van der Waals surface area contributed by atoms with Gasteiger partial charge in [-0.15, -0.1) is 20.2 Å². The normalized spacial score (nSPS) is 29.1. The van der Waals surface area contributed by atoms with E-state index in [1.54, 1.807) is 0 Å². The largest absolute Gasteiger partial charge is 0.308 e. The lowest BCUT2D eigenvalue weighted by Gasteiger charge is -2.14. The quantitative estimate of drug-likeness (QED) is 0.522. The molecule has 8 heteroatoms. The summed E-state index contributed by atoms with van der Waals surface area (Å²) >= 11 is 0. The zero-order chi connectivity index (χ0) is 12.3. The molecule has 0 N–H and O–H groups in total. The van der Waals surface area contributed by atoms with Crippen LogP contribution in [0.2, 0.25) is 0 Å². The number of hydrogen-bond donors (Lipinski definition) is 0. The van der Waals surface area contributed by atoms with Crippen molar-refractivity contribution in [1.29, 1.82) is 0 Å². The van der Waals surface area contributed by atoms with Crippen LogP contribution in [0.4, 0.5) is 0 Å². The van der Waals surface area contributed by atoms with E-state index < -0.39 is 22.4 Å². The van der Waals surface area contributed by atoms with Crippen LogP contribution in [-0.4, -0.2) is 22.4 Å². The molecule has 1 aliphatic rings. The van der Waals surface area contributed by atoms with E-state index in [4.69, 9.17) is 0 Å². The fourth-order valence-electron chi connectivity index (χ4n) is 1.98. The highest BCUT2D eigenvalue weighted by molar-refractivity contribution is 4.85. The zero-order valence-corrected chi connectivity index (χ0v) is 9.07. The van der Waals surface area contributed by atoms with Crippen molar-refractivity contribution in [2.24, 2.45) is 11.8 Å². The lowest BCUT2D eigenvalue weighted by atomic mass is 9.94. The van der Waals surface area contributed by atoms with Gasteiger partial charge in [0.05, 0.1) is 0 Å². The van der Waals surface area contributed by atoms with Crippen LogP contribution in [0.1, 0.15) is 26.7 Å². The van der Waals surface area contributed by atoms with Crippen molar-refractivity contribution in [3.8, 4) is 0 Å². The summed E-state index contributed by atoms with van der Waals surface area (Å²) in [6.07, 6.45) is -0.852. The molecular formula is C8H14N2O6. The average Bonchev–Trinajstić information content (AvgIpc) is 2.46. The molecule has 0 aromatic heterocycles. The molecule has 0 amide bonds. The second-order valence-corrected chi connectivity index (χ2v) is 4.21. The molecule has 1 rings (SSSR count). The van der Waals surface area contributed by atoms with Gasteiger partial charge in [0, 0.05) is 0 Å². The number of hydrogen-bond acceptors (Lipinski definition) is 6. The Morgan fingerprint density at radius 3 is 1.69 bits per heavy atom. The van der Waals surface area contributed by atoms with Gasteiger partial charge in [0.1, 0.15) is 12.2 Å². The molecule has 1 saturated carbocycles. The molecule has 3 atom stereocenters. The van der Waals surface area contributed by atoms with E-state index in [1.807, 2.05) is 13.8 Å². The molecule has 92 valence electrons. The van der Waals surface area contributed by atoms with Crippen molar-refractivity contribution in [1.82, 2.24) is 0 Å². The van der Waals surface area contributed by atoms with Gasteiger partial charge in [-0.25, -0.2) is 0 Å². The second-order valence-electron chi connectivity index (χ2n) is 4.21. The summed E-state index contributed by atoms with van der Waals surface area (Å²) in [6.45, 7) is 3.92. The Hall–Kier alpha value is -1.60. The van der Waals surface area contributed by atoms with E-state index in [0.29, 0.717) is 18.8 Å². The third kappa shape index (κ3) is 3.21. The Labute approximate surface area is 91.7 Å². The van der Waals surface area contributed by atoms with Gasteiger partial charge >= 0.3 is 0 Å². The monoisotopic (exact) mass is 234 g/mol. The first-order valence-electron chi connectivity index (χ1n) is 5.02. The number of nitrogens with zero attached hydrogens (tertiary/aromatic N) is 2. The van der Waals surface area contributed by atoms with Crippen LogP contribution in [0.5, 0.6) is 0 Å². The fraction of sp³-hybridized carbons (Fsp3) is 1.00. The van der Waals surface area contributed by atoms with Crippen molar-refractivity contribution < 1.29 is 19.8 Å². The van der Waals surface area contributed by atoms with Gasteiger partial charge in [-0.05, 0) is 24.7 Å². The Kier molecular flexibility index (Phi) is 3.86. The van der Waals surface area contributed by atoms with Gasteiger partial charge in [0.2, 0.25) is 0 Å². The predicted molar refractivity (Wildman–Crippen MR) is 51.3 cm³/mol. The van der Waals surface area contributed by atoms with Crippen LogP contribution in [0.15, 0.2) is 0 Å². The molecule has 0 aromatic rings. The third-order valence-corrected chi connectivity index (χ3v) is 2.87. The topological polar surface area (TPSA) is 105 Å². The predicted octanol–water partition coefficient (Wildman–Crippen LogP) is 1.21. The molecule has 0 heterocycles. The minimum Gasteiger partial charge on any atom is -0.308 e. The maximum absolute atomic E-state index is 10.2. The molecule has 1 fully saturated rings. The Morgan fingerprint density at radius 2 is 1.44 bits per heavy atom. The van der Waals surface area contributed by atoms with Crippen LogP contribution in [0, 0.1) is 32.1 Å². The molecule has 16 heavy (non-hydrogen) atoms. The molecule has 0 radical (unpaired) electrons. The summed E-state index contributed by atoms with van der Waals surface area (Å²) in [5, 5.41) is 18.6. The Bertz CT molecular complexity index is 258. The zero-order valence-electron chi connectivity index (χ0n) is 9.07. The van der Waals surface area contributed by atoms with Gasteiger partial charge in [-0.2, -0.15) is 0 Å². The third-order valence-electron chi connectivity index (χ3n) is 2.87. The van der Waals surface area contributed by atoms with E-state index in [2.05, 4.69) is 9.68 Å². The minimum atomic E-state index is -0.927. The van der Waals surface area contributed by atoms with Crippen molar-refractivity contribution in [3.05, 3.63) is 20.2 Å². The highest BCUT2D eigenvalue weighted by atomic mass is 17.0. The first-order chi connectivity index (χ1) is 7.40. The maximum Gasteiger partial charge on any atom is 0.294 e. The summed E-state index contributed by atoms with van der Waals surface area (Å²) in [7, 11) is 0. The lowest BCUT2D eigenvalue weighted by molar-refractivity contribution is -0.797. The molecule has 0 spiro atoms. The second kappa shape index (κ2) is 4.95. The Balaban J connectivity index is 2.63. The van der Waals surface area contributed by atoms with Crippen molar-refractivity contribution in [2.45, 2.75) is 38.9 Å². The molecule has 0 aliphatic heterocycles. The standard InChI is InChI=1S/C8H14N2O6/c1-5(2)6-3-7(15-9(11)12)8(4-6)16-10(13)14/h5-8H,3-4H2,1-2H3/t6-,7-,8+. The molecular weight excluding hydrogens is 220 g/mol. The van der Waals surface area contributed by atoms with E-state index in [9.17, 15) is 20.2 Å². The lowest BCUT2D eigenvalue weighted by Crippen LogP contribution is -2.30. The average molecular weight is 234 g/mol. The van der Waals surface area contributed by atoms with Crippen molar-refractivity contribution >= 4 is 0 Å². The van der Waals surface area contributed by atoms with Crippen LogP contribution in [0.25, 0.3) is 0 Å².